The van der Waals surface area contributed by atoms with Crippen LogP contribution in [0.2, 0.25) is 0 Å². The molecule has 3 rings (SSSR count). The number of hydrogen-bond donors (Lipinski definition) is 1. The summed E-state index contributed by atoms with van der Waals surface area (Å²) in [7, 11) is -3.78. The minimum Gasteiger partial charge on any atom is -0.363 e. The lowest BCUT2D eigenvalue weighted by atomic mass is 10.2. The van der Waals surface area contributed by atoms with Gasteiger partial charge in [-0.25, -0.2) is 18.5 Å². The third-order valence-corrected chi connectivity index (χ3v) is 4.77. The lowest BCUT2D eigenvalue weighted by Gasteiger charge is -2.20. The van der Waals surface area contributed by atoms with E-state index in [0.717, 1.165) is 15.8 Å². The number of rotatable bonds is 4. The first-order valence-corrected chi connectivity index (χ1v) is 8.65. The summed E-state index contributed by atoms with van der Waals surface area (Å²) in [5.74, 6) is 0.302. The van der Waals surface area contributed by atoms with Crippen molar-refractivity contribution in [2.45, 2.75) is 30.6 Å². The third kappa shape index (κ3) is 3.54. The second kappa shape index (κ2) is 5.78. The van der Waals surface area contributed by atoms with E-state index in [1.165, 1.54) is 24.5 Å². The van der Waals surface area contributed by atoms with E-state index >= 15 is 0 Å². The van der Waals surface area contributed by atoms with Gasteiger partial charge < -0.3 is 9.47 Å². The Morgan fingerprint density at radius 1 is 1.29 bits per heavy atom. The average molecular weight is 360 g/mol. The van der Waals surface area contributed by atoms with Crippen molar-refractivity contribution in [1.82, 2.24) is 9.55 Å². The van der Waals surface area contributed by atoms with Crippen molar-refractivity contribution < 1.29 is 21.6 Å². The zero-order valence-corrected chi connectivity index (χ0v) is 13.3. The van der Waals surface area contributed by atoms with Gasteiger partial charge in [-0.3, -0.25) is 0 Å². The maximum Gasteiger partial charge on any atom is 0.406 e. The number of aromatic nitrogens is 2. The highest BCUT2D eigenvalue weighted by Gasteiger charge is 2.29. The molecular weight excluding hydrogens is 345 g/mol. The number of benzene rings is 1. The van der Waals surface area contributed by atoms with Crippen LogP contribution in [-0.2, 0) is 29.5 Å². The number of anilines is 1. The van der Waals surface area contributed by atoms with Gasteiger partial charge in [0.15, 0.2) is 0 Å². The molecule has 2 heterocycles. The van der Waals surface area contributed by atoms with E-state index in [4.69, 9.17) is 5.14 Å². The monoisotopic (exact) mass is 360 g/mol. The second-order valence-corrected chi connectivity index (χ2v) is 7.16. The number of nitrogens with zero attached hydrogens (tertiary/aromatic N) is 3. The summed E-state index contributed by atoms with van der Waals surface area (Å²) in [5, 5.41) is 5.11. The number of sulfonamides is 1. The molecule has 24 heavy (non-hydrogen) atoms. The molecule has 6 nitrogen and oxygen atoms in total. The molecule has 0 spiro atoms. The van der Waals surface area contributed by atoms with Crippen molar-refractivity contribution in [1.29, 1.82) is 0 Å². The summed E-state index contributed by atoms with van der Waals surface area (Å²) in [6.07, 6.45) is -1.09. The standard InChI is InChI=1S/C14H15F3N4O2S/c15-14(16,17)9-21-6-4-19-13(21)8-20-5-3-10-7-11(24(18,22)23)1-2-12(10)20/h1-2,4,6-7H,3,5,8-9H2,(H2,18,22,23). The van der Waals surface area contributed by atoms with E-state index in [0.29, 0.717) is 18.8 Å². The number of alkyl halides is 3. The van der Waals surface area contributed by atoms with Gasteiger partial charge in [0, 0.05) is 24.6 Å². The van der Waals surface area contributed by atoms with Gasteiger partial charge in [-0.05, 0) is 30.2 Å². The van der Waals surface area contributed by atoms with Crippen molar-refractivity contribution in [2.24, 2.45) is 5.14 Å². The van der Waals surface area contributed by atoms with Gasteiger partial charge in [0.2, 0.25) is 10.0 Å². The van der Waals surface area contributed by atoms with Gasteiger partial charge in [0.25, 0.3) is 0 Å². The lowest BCUT2D eigenvalue weighted by molar-refractivity contribution is -0.141. The molecule has 1 aliphatic rings. The average Bonchev–Trinajstić information content (AvgIpc) is 3.04. The minimum absolute atomic E-state index is 0.0293. The molecule has 130 valence electrons. The summed E-state index contributed by atoms with van der Waals surface area (Å²) < 4.78 is 61.6. The summed E-state index contributed by atoms with van der Waals surface area (Å²) in [6.45, 7) is -0.305. The van der Waals surface area contributed by atoms with Crippen molar-refractivity contribution in [3.63, 3.8) is 0 Å². The van der Waals surface area contributed by atoms with E-state index in [1.807, 2.05) is 4.90 Å². The molecule has 0 bridgehead atoms. The summed E-state index contributed by atoms with van der Waals surface area (Å²) in [4.78, 5) is 5.90. The normalized spacial score (nSPS) is 14.9. The largest absolute Gasteiger partial charge is 0.406 e. The van der Waals surface area contributed by atoms with Gasteiger partial charge in [-0.2, -0.15) is 13.2 Å². The molecule has 0 unspecified atom stereocenters. The molecule has 2 N–H and O–H groups in total. The van der Waals surface area contributed by atoms with Crippen LogP contribution in [0.4, 0.5) is 18.9 Å². The van der Waals surface area contributed by atoms with Crippen LogP contribution in [0, 0.1) is 0 Å². The molecular formula is C14H15F3N4O2S. The van der Waals surface area contributed by atoms with E-state index < -0.39 is 22.7 Å². The fraction of sp³-hybridized carbons (Fsp3) is 0.357. The predicted octanol–water partition coefficient (Wildman–Crippen LogP) is 1.66. The summed E-state index contributed by atoms with van der Waals surface area (Å²) in [5.41, 5.74) is 1.58. The quantitative estimate of drug-likeness (QED) is 0.899. The molecule has 0 fully saturated rings. The lowest BCUT2D eigenvalue weighted by Crippen LogP contribution is -2.25. The zero-order chi connectivity index (χ0) is 17.5. The van der Waals surface area contributed by atoms with Gasteiger partial charge in [0.1, 0.15) is 12.4 Å². The Hall–Kier alpha value is -2.07. The molecule has 10 heteroatoms. The number of nitrogens with two attached hydrogens (primary N) is 1. The highest BCUT2D eigenvalue weighted by Crippen LogP contribution is 2.31. The van der Waals surface area contributed by atoms with Crippen LogP contribution < -0.4 is 10.0 Å². The van der Waals surface area contributed by atoms with Crippen LogP contribution >= 0.6 is 0 Å². The van der Waals surface area contributed by atoms with E-state index in [2.05, 4.69) is 4.98 Å². The fourth-order valence-electron chi connectivity index (χ4n) is 2.79. The first-order chi connectivity index (χ1) is 11.1. The summed E-state index contributed by atoms with van der Waals surface area (Å²) in [6, 6.07) is 4.53. The zero-order valence-electron chi connectivity index (χ0n) is 12.5. The Balaban J connectivity index is 1.82. The van der Waals surface area contributed by atoms with Crippen LogP contribution in [-0.4, -0.2) is 30.7 Å². The van der Waals surface area contributed by atoms with Crippen molar-refractivity contribution in [3.8, 4) is 0 Å². The van der Waals surface area contributed by atoms with E-state index in [-0.39, 0.29) is 11.4 Å². The van der Waals surface area contributed by atoms with Crippen LogP contribution in [0.5, 0.6) is 0 Å². The van der Waals surface area contributed by atoms with Gasteiger partial charge in [-0.1, -0.05) is 0 Å². The Morgan fingerprint density at radius 2 is 2.04 bits per heavy atom. The van der Waals surface area contributed by atoms with Crippen LogP contribution in [0.3, 0.4) is 0 Å². The molecule has 0 saturated carbocycles. The molecule has 0 aliphatic carbocycles. The van der Waals surface area contributed by atoms with Crippen LogP contribution in [0.1, 0.15) is 11.4 Å². The maximum atomic E-state index is 12.6. The highest BCUT2D eigenvalue weighted by atomic mass is 32.2. The smallest absolute Gasteiger partial charge is 0.363 e. The number of hydrogen-bond acceptors (Lipinski definition) is 4. The maximum absolute atomic E-state index is 12.6. The van der Waals surface area contributed by atoms with Crippen LogP contribution in [0.25, 0.3) is 0 Å². The van der Waals surface area contributed by atoms with Crippen molar-refractivity contribution >= 4 is 15.7 Å². The van der Waals surface area contributed by atoms with Gasteiger partial charge in [0.05, 0.1) is 11.4 Å². The number of primary sulfonamides is 1. The first kappa shape index (κ1) is 16.8. The van der Waals surface area contributed by atoms with Gasteiger partial charge in [-0.15, -0.1) is 0 Å². The number of fused-ring (bicyclic) bond motifs is 1. The Labute approximate surface area is 136 Å². The summed E-state index contributed by atoms with van der Waals surface area (Å²) >= 11 is 0. The molecule has 0 radical (unpaired) electrons. The predicted molar refractivity (Wildman–Crippen MR) is 80.9 cm³/mol. The Bertz CT molecular complexity index is 861. The van der Waals surface area contributed by atoms with E-state index in [9.17, 15) is 21.6 Å². The molecule has 2 aromatic rings. The van der Waals surface area contributed by atoms with Crippen LogP contribution in [0.15, 0.2) is 35.5 Å². The van der Waals surface area contributed by atoms with Crippen molar-refractivity contribution in [3.05, 3.63) is 42.0 Å². The molecule has 0 atom stereocenters. The molecule has 1 aromatic heterocycles. The topological polar surface area (TPSA) is 81.2 Å². The highest BCUT2D eigenvalue weighted by molar-refractivity contribution is 7.89. The second-order valence-electron chi connectivity index (χ2n) is 5.59. The Kier molecular flexibility index (Phi) is 4.04. The minimum atomic E-state index is -4.32. The van der Waals surface area contributed by atoms with Gasteiger partial charge >= 0.3 is 6.18 Å². The van der Waals surface area contributed by atoms with E-state index in [1.54, 1.807) is 6.07 Å². The molecule has 0 saturated heterocycles. The fourth-order valence-corrected chi connectivity index (χ4v) is 3.35. The molecule has 1 aliphatic heterocycles. The first-order valence-electron chi connectivity index (χ1n) is 7.11. The SMILES string of the molecule is NS(=O)(=O)c1ccc2c(c1)CCN2Cc1nccn1CC(F)(F)F. The molecule has 0 amide bonds. The van der Waals surface area contributed by atoms with Crippen molar-refractivity contribution in [2.75, 3.05) is 11.4 Å². The third-order valence-electron chi connectivity index (χ3n) is 3.85. The Morgan fingerprint density at radius 3 is 2.71 bits per heavy atom. The molecule has 1 aromatic carbocycles. The number of halogens is 3. The number of imidazole rings is 1.